The smallest absolute Gasteiger partial charge is 0.330 e. The first-order chi connectivity index (χ1) is 6.59. The summed E-state index contributed by atoms with van der Waals surface area (Å²) in [6.07, 6.45) is 3.20. The Hall–Kier alpha value is -1.42. The molecule has 1 atom stereocenters. The van der Waals surface area contributed by atoms with Crippen LogP contribution in [-0.4, -0.2) is 17.6 Å². The minimum absolute atomic E-state index is 0.325. The lowest BCUT2D eigenvalue weighted by molar-refractivity contribution is -0.149. The molecule has 0 radical (unpaired) electrons. The third-order valence-corrected chi connectivity index (χ3v) is 1.96. The second-order valence-corrected chi connectivity index (χ2v) is 3.16. The summed E-state index contributed by atoms with van der Waals surface area (Å²) in [5.74, 6) is -0.437. The summed E-state index contributed by atoms with van der Waals surface area (Å²) in [5, 5.41) is 0. The molecule has 1 aromatic heterocycles. The van der Waals surface area contributed by atoms with Gasteiger partial charge in [0, 0.05) is 18.0 Å². The predicted octanol–water partition coefficient (Wildman–Crippen LogP) is 0.819. The van der Waals surface area contributed by atoms with Gasteiger partial charge in [-0.3, -0.25) is 4.98 Å². The molecule has 0 spiro atoms. The van der Waals surface area contributed by atoms with E-state index in [9.17, 15) is 4.79 Å². The van der Waals surface area contributed by atoms with Crippen molar-refractivity contribution in [3.63, 3.8) is 0 Å². The van der Waals surface area contributed by atoms with E-state index in [1.54, 1.807) is 38.4 Å². The van der Waals surface area contributed by atoms with Gasteiger partial charge >= 0.3 is 5.97 Å². The molecule has 1 aromatic rings. The highest BCUT2D eigenvalue weighted by molar-refractivity contribution is 5.81. The first-order valence-corrected chi connectivity index (χ1v) is 4.45. The molecule has 0 fully saturated rings. The zero-order valence-corrected chi connectivity index (χ0v) is 8.36. The van der Waals surface area contributed by atoms with E-state index < -0.39 is 11.5 Å². The highest BCUT2D eigenvalue weighted by Gasteiger charge is 2.32. The number of carbonyl (C=O) groups is 1. The third-order valence-electron chi connectivity index (χ3n) is 1.96. The maximum atomic E-state index is 11.5. The van der Waals surface area contributed by atoms with Crippen LogP contribution in [0.15, 0.2) is 24.5 Å². The Bertz CT molecular complexity index is 309. The molecule has 0 aliphatic carbocycles. The van der Waals surface area contributed by atoms with E-state index in [-0.39, 0.29) is 0 Å². The van der Waals surface area contributed by atoms with Crippen molar-refractivity contribution in [3.05, 3.63) is 30.1 Å². The minimum atomic E-state index is -1.12. The van der Waals surface area contributed by atoms with Gasteiger partial charge in [-0.05, 0) is 19.9 Å². The van der Waals surface area contributed by atoms with Gasteiger partial charge < -0.3 is 10.5 Å². The van der Waals surface area contributed by atoms with Crippen LogP contribution in [0.4, 0.5) is 0 Å². The number of hydrogen-bond acceptors (Lipinski definition) is 4. The molecule has 1 unspecified atom stereocenters. The van der Waals surface area contributed by atoms with Gasteiger partial charge in [0.05, 0.1) is 6.61 Å². The van der Waals surface area contributed by atoms with E-state index >= 15 is 0 Å². The maximum Gasteiger partial charge on any atom is 0.330 e. The molecule has 0 bridgehead atoms. The molecular formula is C10H14N2O2. The number of nitrogens with zero attached hydrogens (tertiary/aromatic N) is 1. The van der Waals surface area contributed by atoms with Gasteiger partial charge in [-0.25, -0.2) is 4.79 Å². The Morgan fingerprint density at radius 1 is 1.71 bits per heavy atom. The number of carbonyl (C=O) groups excluding carboxylic acids is 1. The van der Waals surface area contributed by atoms with Gasteiger partial charge in [0.25, 0.3) is 0 Å². The van der Waals surface area contributed by atoms with Gasteiger partial charge in [0.1, 0.15) is 5.54 Å². The molecule has 0 aliphatic heterocycles. The molecule has 0 saturated carbocycles. The number of esters is 1. The molecule has 1 heterocycles. The van der Waals surface area contributed by atoms with E-state index in [0.717, 1.165) is 0 Å². The summed E-state index contributed by atoms with van der Waals surface area (Å²) >= 11 is 0. The summed E-state index contributed by atoms with van der Waals surface area (Å²) < 4.78 is 4.87. The number of pyridine rings is 1. The molecule has 1 rings (SSSR count). The third kappa shape index (κ3) is 2.09. The van der Waals surface area contributed by atoms with Crippen molar-refractivity contribution in [1.29, 1.82) is 0 Å². The molecule has 4 nitrogen and oxygen atoms in total. The van der Waals surface area contributed by atoms with Gasteiger partial charge in [0.2, 0.25) is 0 Å². The highest BCUT2D eigenvalue weighted by Crippen LogP contribution is 2.17. The molecule has 0 aromatic carbocycles. The van der Waals surface area contributed by atoms with Crippen LogP contribution in [0, 0.1) is 0 Å². The second kappa shape index (κ2) is 4.19. The largest absolute Gasteiger partial charge is 0.464 e. The van der Waals surface area contributed by atoms with Gasteiger partial charge in [-0.15, -0.1) is 0 Å². The van der Waals surface area contributed by atoms with Crippen LogP contribution in [0.25, 0.3) is 0 Å². The van der Waals surface area contributed by atoms with Crippen molar-refractivity contribution >= 4 is 5.97 Å². The number of hydrogen-bond donors (Lipinski definition) is 1. The molecule has 76 valence electrons. The van der Waals surface area contributed by atoms with E-state index in [1.807, 2.05) is 0 Å². The zero-order valence-electron chi connectivity index (χ0n) is 8.36. The SMILES string of the molecule is CCOC(=O)C(C)(N)c1cccnc1. The van der Waals surface area contributed by atoms with Crippen LogP contribution in [-0.2, 0) is 15.1 Å². The van der Waals surface area contributed by atoms with Crippen LogP contribution >= 0.6 is 0 Å². The van der Waals surface area contributed by atoms with Gasteiger partial charge in [0.15, 0.2) is 0 Å². The average molecular weight is 194 g/mol. The van der Waals surface area contributed by atoms with Crippen molar-refractivity contribution in [2.45, 2.75) is 19.4 Å². The Morgan fingerprint density at radius 3 is 2.93 bits per heavy atom. The van der Waals surface area contributed by atoms with Crippen LogP contribution < -0.4 is 5.73 Å². The fourth-order valence-corrected chi connectivity index (χ4v) is 1.07. The molecular weight excluding hydrogens is 180 g/mol. The molecule has 14 heavy (non-hydrogen) atoms. The van der Waals surface area contributed by atoms with E-state index in [1.165, 1.54) is 0 Å². The molecule has 0 aliphatic rings. The van der Waals surface area contributed by atoms with E-state index in [2.05, 4.69) is 4.98 Å². The topological polar surface area (TPSA) is 65.2 Å². The standard InChI is InChI=1S/C10H14N2O2/c1-3-14-9(13)10(2,11)8-5-4-6-12-7-8/h4-7H,3,11H2,1-2H3. The van der Waals surface area contributed by atoms with Crippen LogP contribution in [0.5, 0.6) is 0 Å². The lowest BCUT2D eigenvalue weighted by atomic mass is 9.95. The summed E-state index contributed by atoms with van der Waals surface area (Å²) in [7, 11) is 0. The lowest BCUT2D eigenvalue weighted by Gasteiger charge is -2.21. The molecule has 4 heteroatoms. The summed E-state index contributed by atoms with van der Waals surface area (Å²) in [4.78, 5) is 15.4. The van der Waals surface area contributed by atoms with Crippen LogP contribution in [0.1, 0.15) is 19.4 Å². The van der Waals surface area contributed by atoms with Crippen molar-refractivity contribution in [2.75, 3.05) is 6.61 Å². The van der Waals surface area contributed by atoms with Crippen LogP contribution in [0.3, 0.4) is 0 Å². The number of rotatable bonds is 3. The fraction of sp³-hybridized carbons (Fsp3) is 0.400. The number of nitrogens with two attached hydrogens (primary N) is 1. The van der Waals surface area contributed by atoms with Crippen molar-refractivity contribution in [2.24, 2.45) is 5.73 Å². The van der Waals surface area contributed by atoms with Crippen LogP contribution in [0.2, 0.25) is 0 Å². The highest BCUT2D eigenvalue weighted by atomic mass is 16.5. The van der Waals surface area contributed by atoms with Crippen molar-refractivity contribution in [3.8, 4) is 0 Å². The summed E-state index contributed by atoms with van der Waals surface area (Å²) in [6.45, 7) is 3.69. The Morgan fingerprint density at radius 2 is 2.43 bits per heavy atom. The number of aromatic nitrogens is 1. The fourth-order valence-electron chi connectivity index (χ4n) is 1.07. The minimum Gasteiger partial charge on any atom is -0.464 e. The Labute approximate surface area is 83.1 Å². The summed E-state index contributed by atoms with van der Waals surface area (Å²) in [6, 6.07) is 3.49. The first kappa shape index (κ1) is 10.7. The molecule has 0 saturated heterocycles. The number of ether oxygens (including phenoxy) is 1. The van der Waals surface area contributed by atoms with Crippen molar-refractivity contribution < 1.29 is 9.53 Å². The quantitative estimate of drug-likeness (QED) is 0.723. The monoisotopic (exact) mass is 194 g/mol. The predicted molar refractivity (Wildman–Crippen MR) is 52.4 cm³/mol. The van der Waals surface area contributed by atoms with E-state index in [0.29, 0.717) is 12.2 Å². The average Bonchev–Trinajstić information content (AvgIpc) is 2.19. The molecule has 0 amide bonds. The normalized spacial score (nSPS) is 14.5. The van der Waals surface area contributed by atoms with E-state index in [4.69, 9.17) is 10.5 Å². The Kier molecular flexibility index (Phi) is 3.19. The van der Waals surface area contributed by atoms with Gasteiger partial charge in [-0.1, -0.05) is 6.07 Å². The maximum absolute atomic E-state index is 11.5. The molecule has 2 N–H and O–H groups in total. The van der Waals surface area contributed by atoms with Gasteiger partial charge in [-0.2, -0.15) is 0 Å². The summed E-state index contributed by atoms with van der Waals surface area (Å²) in [5.41, 5.74) is 5.38. The Balaban J connectivity index is 2.90. The van der Waals surface area contributed by atoms with Crippen molar-refractivity contribution in [1.82, 2.24) is 4.98 Å². The zero-order chi connectivity index (χ0) is 10.6. The lowest BCUT2D eigenvalue weighted by Crippen LogP contribution is -2.43. The first-order valence-electron chi connectivity index (χ1n) is 4.45. The second-order valence-electron chi connectivity index (χ2n) is 3.16.